The Hall–Kier alpha value is -3.84. The Morgan fingerprint density at radius 2 is 1.74 bits per heavy atom. The van der Waals surface area contributed by atoms with Crippen LogP contribution in [0.5, 0.6) is 5.75 Å². The number of nitrogens with one attached hydrogen (secondary N) is 2. The van der Waals surface area contributed by atoms with Crippen LogP contribution in [0.15, 0.2) is 72.8 Å². The topological polar surface area (TPSA) is 87.7 Å². The van der Waals surface area contributed by atoms with Crippen LogP contribution < -0.4 is 20.3 Å². The van der Waals surface area contributed by atoms with Gasteiger partial charge in [-0.2, -0.15) is 0 Å². The van der Waals surface area contributed by atoms with E-state index in [-0.39, 0.29) is 37.2 Å². The Bertz CT molecular complexity index is 1230. The van der Waals surface area contributed by atoms with Crippen LogP contribution in [0.3, 0.4) is 0 Å². The molecule has 1 aliphatic rings. The first kappa shape index (κ1) is 23.3. The molecule has 174 valence electrons. The minimum atomic E-state index is -0.562. The maximum absolute atomic E-state index is 13.0. The molecule has 7 nitrogen and oxygen atoms in total. The van der Waals surface area contributed by atoms with Crippen molar-refractivity contribution in [1.29, 1.82) is 0 Å². The van der Waals surface area contributed by atoms with Crippen LogP contribution in [0.25, 0.3) is 0 Å². The number of ether oxygens (including phenoxy) is 1. The largest absolute Gasteiger partial charge is 0.496 e. The van der Waals surface area contributed by atoms with Gasteiger partial charge in [0.1, 0.15) is 5.75 Å². The number of methoxy groups -OCH3 is 1. The first-order valence-electron chi connectivity index (χ1n) is 10.8. The summed E-state index contributed by atoms with van der Waals surface area (Å²) in [6.07, 6.45) is 0.0687. The van der Waals surface area contributed by atoms with E-state index in [9.17, 15) is 14.4 Å². The van der Waals surface area contributed by atoms with Crippen LogP contribution in [0, 0.1) is 5.92 Å². The number of halogens is 1. The van der Waals surface area contributed by atoms with E-state index < -0.39 is 5.92 Å². The Kier molecular flexibility index (Phi) is 7.13. The molecule has 3 aromatic rings. The number of carbonyl (C=O) groups excluding carboxylic acids is 3. The molecule has 0 aromatic heterocycles. The van der Waals surface area contributed by atoms with Crippen LogP contribution in [0.4, 0.5) is 11.4 Å². The highest BCUT2D eigenvalue weighted by molar-refractivity contribution is 6.34. The SMILES string of the molecule is COc1ccccc1CNC(=O)c1ccccc1NC(=O)[C@H]1CC(=O)N(c2ccccc2Cl)C1. The lowest BCUT2D eigenvalue weighted by atomic mass is 10.1. The summed E-state index contributed by atoms with van der Waals surface area (Å²) in [6.45, 7) is 0.492. The summed E-state index contributed by atoms with van der Waals surface area (Å²) in [5.74, 6) is -0.710. The molecule has 1 heterocycles. The number of amides is 3. The zero-order valence-corrected chi connectivity index (χ0v) is 19.3. The van der Waals surface area contributed by atoms with Crippen molar-refractivity contribution < 1.29 is 19.1 Å². The molecule has 4 rings (SSSR count). The molecule has 0 saturated carbocycles. The van der Waals surface area contributed by atoms with Crippen molar-refractivity contribution in [3.63, 3.8) is 0 Å². The zero-order valence-electron chi connectivity index (χ0n) is 18.6. The van der Waals surface area contributed by atoms with E-state index in [4.69, 9.17) is 16.3 Å². The Labute approximate surface area is 202 Å². The lowest BCUT2D eigenvalue weighted by Gasteiger charge is -2.18. The van der Waals surface area contributed by atoms with Crippen molar-refractivity contribution in [2.24, 2.45) is 5.92 Å². The van der Waals surface area contributed by atoms with Crippen LogP contribution in [-0.2, 0) is 16.1 Å². The lowest BCUT2D eigenvalue weighted by molar-refractivity contribution is -0.122. The standard InChI is InChI=1S/C26H24ClN3O4/c1-34-23-13-7-2-8-17(23)15-28-26(33)19-9-3-5-11-21(19)29-25(32)18-14-24(31)30(16-18)22-12-6-4-10-20(22)27/h2-13,18H,14-16H2,1H3,(H,28,33)(H,29,32)/t18-/m0/s1. The fourth-order valence-corrected chi connectivity index (χ4v) is 4.17. The van der Waals surface area contributed by atoms with Gasteiger partial charge in [-0.3, -0.25) is 14.4 Å². The lowest BCUT2D eigenvalue weighted by Crippen LogP contribution is -2.29. The first-order chi connectivity index (χ1) is 16.5. The summed E-state index contributed by atoms with van der Waals surface area (Å²) in [5, 5.41) is 6.15. The fourth-order valence-electron chi connectivity index (χ4n) is 3.93. The maximum atomic E-state index is 13.0. The number of rotatable bonds is 7. The van der Waals surface area contributed by atoms with Gasteiger partial charge in [0, 0.05) is 25.1 Å². The van der Waals surface area contributed by atoms with E-state index in [0.717, 1.165) is 5.56 Å². The molecule has 0 aliphatic carbocycles. The second-order valence-corrected chi connectivity index (χ2v) is 8.29. The van der Waals surface area contributed by atoms with Gasteiger partial charge in [-0.25, -0.2) is 0 Å². The van der Waals surface area contributed by atoms with Crippen LogP contribution in [0.2, 0.25) is 5.02 Å². The zero-order chi connectivity index (χ0) is 24.1. The summed E-state index contributed by atoms with van der Waals surface area (Å²) >= 11 is 6.23. The van der Waals surface area contributed by atoms with Crippen LogP contribution in [0.1, 0.15) is 22.3 Å². The Morgan fingerprint density at radius 1 is 1.03 bits per heavy atom. The highest BCUT2D eigenvalue weighted by Gasteiger charge is 2.36. The molecule has 2 N–H and O–H groups in total. The number of benzene rings is 3. The highest BCUT2D eigenvalue weighted by Crippen LogP contribution is 2.31. The van der Waals surface area contributed by atoms with Gasteiger partial charge in [-0.05, 0) is 30.3 Å². The predicted octanol–water partition coefficient (Wildman–Crippen LogP) is 4.27. The van der Waals surface area contributed by atoms with E-state index in [0.29, 0.717) is 27.7 Å². The third-order valence-electron chi connectivity index (χ3n) is 5.70. The second kappa shape index (κ2) is 10.4. The number of carbonyl (C=O) groups is 3. The quantitative estimate of drug-likeness (QED) is 0.532. The molecule has 3 amide bonds. The van der Waals surface area contributed by atoms with E-state index >= 15 is 0 Å². The van der Waals surface area contributed by atoms with Gasteiger partial charge in [-0.1, -0.05) is 54.1 Å². The second-order valence-electron chi connectivity index (χ2n) is 7.89. The molecule has 0 unspecified atom stereocenters. The summed E-state index contributed by atoms with van der Waals surface area (Å²) < 4.78 is 5.33. The third-order valence-corrected chi connectivity index (χ3v) is 6.02. The number of anilines is 2. The molecule has 0 radical (unpaired) electrons. The van der Waals surface area contributed by atoms with Gasteiger partial charge in [0.15, 0.2) is 0 Å². The molecule has 1 fully saturated rings. The van der Waals surface area contributed by atoms with Crippen molar-refractivity contribution in [1.82, 2.24) is 5.32 Å². The molecule has 1 saturated heterocycles. The first-order valence-corrected chi connectivity index (χ1v) is 11.2. The van der Waals surface area contributed by atoms with Gasteiger partial charge in [0.2, 0.25) is 11.8 Å². The van der Waals surface area contributed by atoms with Crippen molar-refractivity contribution in [3.8, 4) is 5.75 Å². The number of nitrogens with zero attached hydrogens (tertiary/aromatic N) is 1. The van der Waals surface area contributed by atoms with Crippen molar-refractivity contribution in [2.45, 2.75) is 13.0 Å². The van der Waals surface area contributed by atoms with Gasteiger partial charge in [0.25, 0.3) is 5.91 Å². The van der Waals surface area contributed by atoms with Crippen molar-refractivity contribution >= 4 is 40.7 Å². The van der Waals surface area contributed by atoms with E-state index in [1.54, 1.807) is 55.6 Å². The van der Waals surface area contributed by atoms with Gasteiger partial charge in [0.05, 0.1) is 35.0 Å². The molecular weight excluding hydrogens is 454 g/mol. The molecule has 0 bridgehead atoms. The Morgan fingerprint density at radius 3 is 2.53 bits per heavy atom. The van der Waals surface area contributed by atoms with Crippen molar-refractivity contribution in [2.75, 3.05) is 23.9 Å². The molecule has 1 aliphatic heterocycles. The molecule has 0 spiro atoms. The van der Waals surface area contributed by atoms with Crippen LogP contribution in [-0.4, -0.2) is 31.4 Å². The minimum absolute atomic E-state index is 0.0687. The Balaban J connectivity index is 1.44. The monoisotopic (exact) mass is 477 g/mol. The smallest absolute Gasteiger partial charge is 0.253 e. The summed E-state index contributed by atoms with van der Waals surface area (Å²) in [4.78, 5) is 40.0. The normalized spacial score (nSPS) is 15.2. The summed E-state index contributed by atoms with van der Waals surface area (Å²) in [7, 11) is 1.58. The van der Waals surface area contributed by atoms with Gasteiger partial charge >= 0.3 is 0 Å². The highest BCUT2D eigenvalue weighted by atomic mass is 35.5. The summed E-state index contributed by atoms with van der Waals surface area (Å²) in [6, 6.07) is 21.2. The van der Waals surface area contributed by atoms with Gasteiger partial charge in [-0.15, -0.1) is 0 Å². The van der Waals surface area contributed by atoms with E-state index in [2.05, 4.69) is 10.6 Å². The van der Waals surface area contributed by atoms with E-state index in [1.165, 1.54) is 4.90 Å². The van der Waals surface area contributed by atoms with Crippen LogP contribution >= 0.6 is 11.6 Å². The molecule has 34 heavy (non-hydrogen) atoms. The van der Waals surface area contributed by atoms with Gasteiger partial charge < -0.3 is 20.3 Å². The third kappa shape index (κ3) is 5.05. The molecule has 3 aromatic carbocycles. The molecule has 1 atom stereocenters. The van der Waals surface area contributed by atoms with E-state index in [1.807, 2.05) is 24.3 Å². The maximum Gasteiger partial charge on any atom is 0.253 e. The van der Waals surface area contributed by atoms with Crippen molar-refractivity contribution in [3.05, 3.63) is 88.9 Å². The number of hydrogen-bond acceptors (Lipinski definition) is 4. The summed E-state index contributed by atoms with van der Waals surface area (Å²) in [5.41, 5.74) is 2.14. The fraction of sp³-hybridized carbons (Fsp3) is 0.192. The average molecular weight is 478 g/mol. The average Bonchev–Trinajstić information content (AvgIpc) is 3.24. The molecular formula is C26H24ClN3O4. The molecule has 8 heteroatoms. The number of hydrogen-bond donors (Lipinski definition) is 2. The number of para-hydroxylation sites is 3. The minimum Gasteiger partial charge on any atom is -0.496 e. The predicted molar refractivity (Wildman–Crippen MR) is 131 cm³/mol.